The fourth-order valence-electron chi connectivity index (χ4n) is 0.897. The lowest BCUT2D eigenvalue weighted by Crippen LogP contribution is -1.81. The van der Waals surface area contributed by atoms with Crippen LogP contribution >= 0.6 is 0 Å². The molecule has 0 amide bonds. The molecule has 4 nitrogen and oxygen atoms in total. The normalized spacial score (nSPS) is 8.91. The van der Waals surface area contributed by atoms with Gasteiger partial charge in [-0.2, -0.15) is 0 Å². The van der Waals surface area contributed by atoms with Crippen molar-refractivity contribution in [3.63, 3.8) is 0 Å². The molecular formula is C7H8N4. The topological polar surface area (TPSA) is 61.7 Å². The number of azide groups is 1. The lowest BCUT2D eigenvalue weighted by Gasteiger charge is -1.99. The number of pyridine rings is 1. The largest absolute Gasteiger partial charge is 0.264 e. The number of hydrogen-bond acceptors (Lipinski definition) is 2. The van der Waals surface area contributed by atoms with Crippen molar-refractivity contribution in [2.24, 2.45) is 5.11 Å². The van der Waals surface area contributed by atoms with E-state index in [2.05, 4.69) is 15.0 Å². The average molecular weight is 148 g/mol. The van der Waals surface area contributed by atoms with Crippen molar-refractivity contribution in [1.82, 2.24) is 4.98 Å². The third kappa shape index (κ3) is 1.48. The highest BCUT2D eigenvalue weighted by Gasteiger charge is 1.97. The first kappa shape index (κ1) is 7.57. The first-order chi connectivity index (χ1) is 5.25. The average Bonchev–Trinajstić information content (AvgIpc) is 1.97. The zero-order chi connectivity index (χ0) is 8.27. The smallest absolute Gasteiger partial charge is 0.0464 e. The van der Waals surface area contributed by atoms with Crippen LogP contribution in [0.4, 0.5) is 5.69 Å². The van der Waals surface area contributed by atoms with E-state index in [1.807, 2.05) is 13.8 Å². The molecule has 0 bridgehead atoms. The molecule has 0 aliphatic heterocycles. The molecule has 0 aromatic carbocycles. The molecule has 0 unspecified atom stereocenters. The molecule has 1 aromatic heterocycles. The summed E-state index contributed by atoms with van der Waals surface area (Å²) in [5, 5.41) is 3.55. The van der Waals surface area contributed by atoms with E-state index >= 15 is 0 Å². The Balaban J connectivity index is 3.31. The maximum atomic E-state index is 8.21. The Labute approximate surface area is 64.5 Å². The van der Waals surface area contributed by atoms with Crippen molar-refractivity contribution in [3.8, 4) is 0 Å². The molecule has 0 radical (unpaired) electrons. The number of hydrogen-bond donors (Lipinski definition) is 0. The Morgan fingerprint density at radius 1 is 1.36 bits per heavy atom. The molecule has 0 atom stereocenters. The number of aromatic nitrogens is 1. The van der Waals surface area contributed by atoms with E-state index in [-0.39, 0.29) is 0 Å². The summed E-state index contributed by atoms with van der Waals surface area (Å²) in [6, 6.07) is 0. The lowest BCUT2D eigenvalue weighted by molar-refractivity contribution is 1.20. The molecular weight excluding hydrogens is 140 g/mol. The van der Waals surface area contributed by atoms with Crippen molar-refractivity contribution in [2.75, 3.05) is 0 Å². The zero-order valence-corrected chi connectivity index (χ0v) is 6.44. The summed E-state index contributed by atoms with van der Waals surface area (Å²) in [4.78, 5) is 6.67. The van der Waals surface area contributed by atoms with Gasteiger partial charge in [0.15, 0.2) is 0 Å². The van der Waals surface area contributed by atoms with Crippen molar-refractivity contribution in [1.29, 1.82) is 0 Å². The summed E-state index contributed by atoms with van der Waals surface area (Å²) in [6.45, 7) is 3.73. The van der Waals surface area contributed by atoms with Crippen molar-refractivity contribution < 1.29 is 0 Å². The molecule has 0 N–H and O–H groups in total. The van der Waals surface area contributed by atoms with E-state index in [0.717, 1.165) is 11.1 Å². The van der Waals surface area contributed by atoms with Crippen LogP contribution in [0.15, 0.2) is 17.5 Å². The summed E-state index contributed by atoms with van der Waals surface area (Å²) < 4.78 is 0. The van der Waals surface area contributed by atoms with Crippen LogP contribution < -0.4 is 0 Å². The minimum Gasteiger partial charge on any atom is -0.264 e. The predicted molar refractivity (Wildman–Crippen MR) is 42.5 cm³/mol. The highest BCUT2D eigenvalue weighted by atomic mass is 15.1. The molecule has 0 spiro atoms. The number of rotatable bonds is 1. The molecule has 0 saturated carbocycles. The third-order valence-electron chi connectivity index (χ3n) is 1.43. The maximum Gasteiger partial charge on any atom is 0.0464 e. The Kier molecular flexibility index (Phi) is 2.09. The van der Waals surface area contributed by atoms with Gasteiger partial charge in [0, 0.05) is 23.0 Å². The van der Waals surface area contributed by atoms with E-state index in [9.17, 15) is 0 Å². The first-order valence-corrected chi connectivity index (χ1v) is 3.22. The summed E-state index contributed by atoms with van der Waals surface area (Å²) in [7, 11) is 0. The second-order valence-corrected chi connectivity index (χ2v) is 2.31. The molecule has 1 heterocycles. The van der Waals surface area contributed by atoms with Gasteiger partial charge in [-0.25, -0.2) is 0 Å². The fraction of sp³-hybridized carbons (Fsp3) is 0.286. The van der Waals surface area contributed by atoms with Crippen molar-refractivity contribution >= 4 is 5.69 Å². The van der Waals surface area contributed by atoms with E-state index in [1.54, 1.807) is 12.4 Å². The van der Waals surface area contributed by atoms with Crippen LogP contribution in [-0.2, 0) is 0 Å². The van der Waals surface area contributed by atoms with Gasteiger partial charge >= 0.3 is 0 Å². The number of aryl methyl sites for hydroxylation is 2. The monoisotopic (exact) mass is 148 g/mol. The van der Waals surface area contributed by atoms with Gasteiger partial charge in [0.25, 0.3) is 0 Å². The van der Waals surface area contributed by atoms with E-state index in [1.165, 1.54) is 0 Å². The van der Waals surface area contributed by atoms with Gasteiger partial charge in [-0.05, 0) is 30.5 Å². The van der Waals surface area contributed by atoms with Crippen LogP contribution in [0, 0.1) is 13.8 Å². The summed E-state index contributed by atoms with van der Waals surface area (Å²) in [6.07, 6.45) is 3.36. The Morgan fingerprint density at radius 3 is 2.36 bits per heavy atom. The second kappa shape index (κ2) is 3.03. The minimum atomic E-state index is 0.683. The molecule has 1 aromatic rings. The van der Waals surface area contributed by atoms with Gasteiger partial charge in [0.2, 0.25) is 0 Å². The molecule has 11 heavy (non-hydrogen) atoms. The summed E-state index contributed by atoms with van der Waals surface area (Å²) >= 11 is 0. The molecule has 1 rings (SSSR count). The van der Waals surface area contributed by atoms with Gasteiger partial charge in [-0.1, -0.05) is 5.11 Å². The number of nitrogens with zero attached hydrogens (tertiary/aromatic N) is 4. The highest BCUT2D eigenvalue weighted by Crippen LogP contribution is 2.21. The lowest BCUT2D eigenvalue weighted by atomic mass is 10.2. The second-order valence-electron chi connectivity index (χ2n) is 2.31. The van der Waals surface area contributed by atoms with Gasteiger partial charge in [-0.15, -0.1) is 0 Å². The molecule has 0 aliphatic carbocycles. The molecule has 0 fully saturated rings. The standard InChI is InChI=1S/C7H8N4/c1-5-3-9-4-6(2)7(5)10-11-8/h3-4H,1-2H3. The van der Waals surface area contributed by atoms with Crippen LogP contribution in [0.1, 0.15) is 11.1 Å². The zero-order valence-electron chi connectivity index (χ0n) is 6.44. The van der Waals surface area contributed by atoms with E-state index in [4.69, 9.17) is 5.53 Å². The van der Waals surface area contributed by atoms with Gasteiger partial charge in [0.1, 0.15) is 0 Å². The molecule has 4 heteroatoms. The van der Waals surface area contributed by atoms with Crippen molar-refractivity contribution in [2.45, 2.75) is 13.8 Å². The van der Waals surface area contributed by atoms with Crippen LogP contribution in [0.2, 0.25) is 0 Å². The fourth-order valence-corrected chi connectivity index (χ4v) is 0.897. The maximum absolute atomic E-state index is 8.21. The van der Waals surface area contributed by atoms with Gasteiger partial charge in [-0.3, -0.25) is 4.98 Å². The molecule has 0 saturated heterocycles. The summed E-state index contributed by atoms with van der Waals surface area (Å²) in [5.74, 6) is 0. The Hall–Kier alpha value is -1.54. The van der Waals surface area contributed by atoms with E-state index in [0.29, 0.717) is 5.69 Å². The van der Waals surface area contributed by atoms with Crippen LogP contribution in [-0.4, -0.2) is 4.98 Å². The van der Waals surface area contributed by atoms with Crippen LogP contribution in [0.3, 0.4) is 0 Å². The molecule has 56 valence electrons. The first-order valence-electron chi connectivity index (χ1n) is 3.22. The van der Waals surface area contributed by atoms with Gasteiger partial charge < -0.3 is 0 Å². The van der Waals surface area contributed by atoms with Crippen molar-refractivity contribution in [3.05, 3.63) is 34.0 Å². The minimum absolute atomic E-state index is 0.683. The quantitative estimate of drug-likeness (QED) is 0.343. The van der Waals surface area contributed by atoms with Gasteiger partial charge in [0.05, 0.1) is 0 Å². The van der Waals surface area contributed by atoms with E-state index < -0.39 is 0 Å². The third-order valence-corrected chi connectivity index (χ3v) is 1.43. The predicted octanol–water partition coefficient (Wildman–Crippen LogP) is 2.64. The SMILES string of the molecule is Cc1cncc(C)c1N=[N+]=[N-]. The highest BCUT2D eigenvalue weighted by molar-refractivity contribution is 5.49. The molecule has 0 aliphatic rings. The van der Waals surface area contributed by atoms with Crippen LogP contribution in [0.25, 0.3) is 10.4 Å². The van der Waals surface area contributed by atoms with Crippen LogP contribution in [0.5, 0.6) is 0 Å². The Morgan fingerprint density at radius 2 is 1.91 bits per heavy atom. The Bertz CT molecular complexity index is 292. The summed E-state index contributed by atoms with van der Waals surface area (Å²) in [5.41, 5.74) is 10.7.